The number of ether oxygens (including phenoxy) is 1. The number of rotatable bonds is 2. The average molecular weight is 466 g/mol. The van der Waals surface area contributed by atoms with E-state index >= 15 is 0 Å². The van der Waals surface area contributed by atoms with Crippen molar-refractivity contribution in [2.24, 2.45) is 14.1 Å². The van der Waals surface area contributed by atoms with Crippen LogP contribution in [0.3, 0.4) is 0 Å². The highest BCUT2D eigenvalue weighted by molar-refractivity contribution is 5.98. The molecular weight excluding hydrogens is 442 g/mol. The van der Waals surface area contributed by atoms with Gasteiger partial charge in [0.2, 0.25) is 0 Å². The number of aryl methyl sites for hydroxylation is 2. The molecule has 6 rings (SSSR count). The van der Waals surface area contributed by atoms with Crippen LogP contribution in [0.1, 0.15) is 22.9 Å². The number of hydrogen-bond acceptors (Lipinski definition) is 4. The van der Waals surface area contributed by atoms with Crippen LogP contribution in [0.2, 0.25) is 0 Å². The van der Waals surface area contributed by atoms with Gasteiger partial charge in [-0.25, -0.2) is 4.79 Å². The molecule has 7 nitrogen and oxygen atoms in total. The zero-order chi connectivity index (χ0) is 24.4. The maximum atomic E-state index is 13.6. The van der Waals surface area contributed by atoms with Gasteiger partial charge in [-0.1, -0.05) is 60.2 Å². The number of para-hydroxylation sites is 3. The zero-order valence-corrected chi connectivity index (χ0v) is 19.5. The van der Waals surface area contributed by atoms with E-state index in [0.717, 1.165) is 21.4 Å². The van der Waals surface area contributed by atoms with Crippen molar-refractivity contribution >= 4 is 10.9 Å². The second-order valence-electron chi connectivity index (χ2n) is 8.89. The number of benzene rings is 3. The van der Waals surface area contributed by atoms with Crippen molar-refractivity contribution in [3.8, 4) is 28.4 Å². The molecule has 0 amide bonds. The van der Waals surface area contributed by atoms with Crippen LogP contribution < -0.4 is 16.0 Å². The second kappa shape index (κ2) is 7.50. The van der Waals surface area contributed by atoms with Crippen LogP contribution in [0.25, 0.3) is 27.8 Å². The van der Waals surface area contributed by atoms with E-state index in [1.54, 1.807) is 25.2 Å². The van der Waals surface area contributed by atoms with Crippen LogP contribution in [0.5, 0.6) is 11.5 Å². The van der Waals surface area contributed by atoms with E-state index in [-0.39, 0.29) is 11.3 Å². The van der Waals surface area contributed by atoms with E-state index in [4.69, 9.17) is 4.74 Å². The zero-order valence-electron chi connectivity index (χ0n) is 19.5. The molecule has 3 heterocycles. The monoisotopic (exact) mass is 465 g/mol. The summed E-state index contributed by atoms with van der Waals surface area (Å²) in [4.78, 5) is 26.7. The first-order valence-corrected chi connectivity index (χ1v) is 11.3. The first kappa shape index (κ1) is 21.0. The van der Waals surface area contributed by atoms with Crippen LogP contribution >= 0.6 is 0 Å². The Morgan fingerprint density at radius 2 is 1.54 bits per heavy atom. The molecule has 1 atom stereocenters. The Bertz CT molecular complexity index is 1760. The van der Waals surface area contributed by atoms with Crippen LogP contribution in [0, 0.1) is 6.92 Å². The van der Waals surface area contributed by atoms with Gasteiger partial charge in [0.05, 0.1) is 28.0 Å². The molecule has 0 fully saturated rings. The molecule has 1 N–H and O–H groups in total. The van der Waals surface area contributed by atoms with Gasteiger partial charge in [-0.15, -0.1) is 0 Å². The molecule has 0 aliphatic carbocycles. The van der Waals surface area contributed by atoms with E-state index in [0.29, 0.717) is 33.6 Å². The van der Waals surface area contributed by atoms with Crippen LogP contribution in [0.4, 0.5) is 0 Å². The third-order valence-electron chi connectivity index (χ3n) is 6.75. The smallest absolute Gasteiger partial charge is 0.331 e. The van der Waals surface area contributed by atoms with Crippen molar-refractivity contribution in [2.75, 3.05) is 0 Å². The summed E-state index contributed by atoms with van der Waals surface area (Å²) < 4.78 is 11.1. The molecule has 35 heavy (non-hydrogen) atoms. The average Bonchev–Trinajstić information content (AvgIpc) is 3.23. The Balaban J connectivity index is 1.88. The molecule has 5 aromatic rings. The first-order chi connectivity index (χ1) is 16.9. The molecule has 2 aromatic heterocycles. The summed E-state index contributed by atoms with van der Waals surface area (Å²) in [7, 11) is 3.15. The van der Waals surface area contributed by atoms with Gasteiger partial charge in [0.15, 0.2) is 6.10 Å². The van der Waals surface area contributed by atoms with Crippen LogP contribution in [0.15, 0.2) is 82.4 Å². The lowest BCUT2D eigenvalue weighted by molar-refractivity contribution is 0.224. The molecule has 0 saturated heterocycles. The predicted molar refractivity (Wildman–Crippen MR) is 135 cm³/mol. The normalized spacial score (nSPS) is 14.4. The molecule has 0 bridgehead atoms. The van der Waals surface area contributed by atoms with Gasteiger partial charge >= 0.3 is 5.69 Å². The number of fused-ring (bicyclic) bond motifs is 5. The van der Waals surface area contributed by atoms with E-state index in [2.05, 4.69) is 0 Å². The minimum atomic E-state index is -0.745. The molecule has 0 spiro atoms. The van der Waals surface area contributed by atoms with Gasteiger partial charge in [-0.2, -0.15) is 0 Å². The molecule has 0 saturated carbocycles. The number of aromatic hydroxyl groups is 1. The van der Waals surface area contributed by atoms with E-state index in [9.17, 15) is 14.7 Å². The maximum Gasteiger partial charge on any atom is 0.331 e. The van der Waals surface area contributed by atoms with E-state index < -0.39 is 11.8 Å². The SMILES string of the molecule is Cc1ccc(-c2c3c(=O)n(C)c(=O)n(C)c3c3n2-c2ccccc2O[C@@H]3c2ccccc2O)cc1. The molecule has 0 radical (unpaired) electrons. The number of hydrogen-bond donors (Lipinski definition) is 1. The molecule has 1 aliphatic heterocycles. The van der Waals surface area contributed by atoms with Gasteiger partial charge in [0.1, 0.15) is 11.5 Å². The molecule has 0 unspecified atom stereocenters. The number of phenolic OH excluding ortho intramolecular Hbond substituents is 1. The molecular formula is C28H23N3O4. The van der Waals surface area contributed by atoms with Crippen molar-refractivity contribution in [1.29, 1.82) is 0 Å². The highest BCUT2D eigenvalue weighted by Crippen LogP contribution is 2.47. The Morgan fingerprint density at radius 3 is 2.29 bits per heavy atom. The van der Waals surface area contributed by atoms with Gasteiger partial charge in [-0.3, -0.25) is 13.9 Å². The Kier molecular flexibility index (Phi) is 4.51. The van der Waals surface area contributed by atoms with Crippen molar-refractivity contribution in [3.63, 3.8) is 0 Å². The quantitative estimate of drug-likeness (QED) is 0.424. The van der Waals surface area contributed by atoms with Gasteiger partial charge in [0, 0.05) is 19.7 Å². The summed E-state index contributed by atoms with van der Waals surface area (Å²) in [6.45, 7) is 2.01. The standard InChI is InChI=1S/C28H23N3O4/c1-16-12-14-17(15-13-16)23-22-24(29(2)28(34)30(3)27(22)33)25-26(18-8-4-6-10-20(18)32)35-21-11-7-5-9-19(21)31(23)25/h4-15,26,32H,1-3H3/t26-/m1/s1. The fraction of sp³-hybridized carbons (Fsp3) is 0.143. The molecule has 7 heteroatoms. The maximum absolute atomic E-state index is 13.6. The van der Waals surface area contributed by atoms with Gasteiger partial charge in [-0.05, 0) is 30.7 Å². The summed E-state index contributed by atoms with van der Waals surface area (Å²) in [6.07, 6.45) is -0.745. The largest absolute Gasteiger partial charge is 0.508 e. The lowest BCUT2D eigenvalue weighted by Crippen LogP contribution is -2.37. The lowest BCUT2D eigenvalue weighted by atomic mass is 10.0. The van der Waals surface area contributed by atoms with E-state index in [1.165, 1.54) is 11.6 Å². The molecule has 1 aliphatic rings. The Labute approximate surface area is 200 Å². The van der Waals surface area contributed by atoms with Crippen molar-refractivity contribution in [3.05, 3.63) is 110 Å². The highest BCUT2D eigenvalue weighted by Gasteiger charge is 2.37. The lowest BCUT2D eigenvalue weighted by Gasteiger charge is -2.30. The molecule has 174 valence electrons. The first-order valence-electron chi connectivity index (χ1n) is 11.3. The number of aromatic nitrogens is 3. The number of nitrogens with zero attached hydrogens (tertiary/aromatic N) is 3. The summed E-state index contributed by atoms with van der Waals surface area (Å²) in [6, 6.07) is 22.5. The third-order valence-corrected chi connectivity index (χ3v) is 6.75. The van der Waals surface area contributed by atoms with Crippen LogP contribution in [-0.4, -0.2) is 18.8 Å². The summed E-state index contributed by atoms with van der Waals surface area (Å²) in [5.41, 5.74) is 4.22. The summed E-state index contributed by atoms with van der Waals surface area (Å²) >= 11 is 0. The Hall–Kier alpha value is -4.52. The third kappa shape index (κ3) is 2.91. The van der Waals surface area contributed by atoms with Crippen molar-refractivity contribution in [2.45, 2.75) is 13.0 Å². The van der Waals surface area contributed by atoms with Gasteiger partial charge < -0.3 is 14.4 Å². The number of phenols is 1. The predicted octanol–water partition coefficient (Wildman–Crippen LogP) is 4.19. The Morgan fingerprint density at radius 1 is 0.857 bits per heavy atom. The van der Waals surface area contributed by atoms with E-state index in [1.807, 2.05) is 66.1 Å². The van der Waals surface area contributed by atoms with Gasteiger partial charge in [0.25, 0.3) is 5.56 Å². The van der Waals surface area contributed by atoms with Crippen molar-refractivity contribution < 1.29 is 9.84 Å². The second-order valence-corrected chi connectivity index (χ2v) is 8.89. The fourth-order valence-electron chi connectivity index (χ4n) is 5.02. The molecule has 3 aromatic carbocycles. The highest BCUT2D eigenvalue weighted by atomic mass is 16.5. The fourth-order valence-corrected chi connectivity index (χ4v) is 5.02. The van der Waals surface area contributed by atoms with Crippen molar-refractivity contribution in [1.82, 2.24) is 13.7 Å². The minimum absolute atomic E-state index is 0.0727. The summed E-state index contributed by atoms with van der Waals surface area (Å²) in [5.74, 6) is 0.687. The van der Waals surface area contributed by atoms with Crippen LogP contribution in [-0.2, 0) is 14.1 Å². The topological polar surface area (TPSA) is 78.4 Å². The summed E-state index contributed by atoms with van der Waals surface area (Å²) in [5, 5.41) is 11.2. The minimum Gasteiger partial charge on any atom is -0.508 e.